The van der Waals surface area contributed by atoms with Gasteiger partial charge in [-0.25, -0.2) is 0 Å². The molecule has 2 nitrogen and oxygen atoms in total. The molecule has 1 aromatic rings. The number of nitriles is 1. The minimum atomic E-state index is -4.83. The molecule has 0 N–H and O–H groups in total. The molecule has 1 aromatic carbocycles. The number of ether oxygens (including phenoxy) is 1. The third kappa shape index (κ3) is 2.77. The molecule has 6 heteroatoms. The molecule has 0 radical (unpaired) electrons. The molecule has 15 heavy (non-hydrogen) atoms. The largest absolute Gasteiger partial charge is 0.573 e. The molecule has 0 bridgehead atoms. The van der Waals surface area contributed by atoms with Crippen molar-refractivity contribution in [2.24, 2.45) is 0 Å². The Morgan fingerprint density at radius 2 is 2.00 bits per heavy atom. The van der Waals surface area contributed by atoms with Crippen molar-refractivity contribution in [1.29, 1.82) is 5.26 Å². The van der Waals surface area contributed by atoms with Crippen molar-refractivity contribution in [2.45, 2.75) is 13.3 Å². The van der Waals surface area contributed by atoms with Crippen molar-refractivity contribution in [3.8, 4) is 11.8 Å². The van der Waals surface area contributed by atoms with Crippen LogP contribution in [0.5, 0.6) is 5.75 Å². The van der Waals surface area contributed by atoms with E-state index >= 15 is 0 Å². The SMILES string of the molecule is Cc1c(Cl)ccc(C#N)c1OC(F)(F)F. The van der Waals surface area contributed by atoms with Gasteiger partial charge in [-0.05, 0) is 19.1 Å². The van der Waals surface area contributed by atoms with Gasteiger partial charge in [0, 0.05) is 10.6 Å². The first-order chi connectivity index (χ1) is 6.85. The normalized spacial score (nSPS) is 10.9. The van der Waals surface area contributed by atoms with E-state index in [4.69, 9.17) is 16.9 Å². The van der Waals surface area contributed by atoms with E-state index in [2.05, 4.69) is 4.74 Å². The fraction of sp³-hybridized carbons (Fsp3) is 0.222. The molecule has 0 unspecified atom stereocenters. The quantitative estimate of drug-likeness (QED) is 0.747. The first-order valence-electron chi connectivity index (χ1n) is 3.80. The van der Waals surface area contributed by atoms with Crippen LogP contribution in [-0.4, -0.2) is 6.36 Å². The Labute approximate surface area is 88.8 Å². The van der Waals surface area contributed by atoms with Gasteiger partial charge in [-0.1, -0.05) is 11.6 Å². The number of hydrogen-bond acceptors (Lipinski definition) is 2. The minimum Gasteiger partial charge on any atom is -0.404 e. The summed E-state index contributed by atoms with van der Waals surface area (Å²) in [7, 11) is 0. The molecule has 0 aromatic heterocycles. The van der Waals surface area contributed by atoms with Crippen LogP contribution in [0.25, 0.3) is 0 Å². The predicted molar refractivity (Wildman–Crippen MR) is 47.6 cm³/mol. The third-order valence-electron chi connectivity index (χ3n) is 1.68. The molecule has 0 atom stereocenters. The average Bonchev–Trinajstić information content (AvgIpc) is 2.11. The average molecular weight is 236 g/mol. The summed E-state index contributed by atoms with van der Waals surface area (Å²) in [5.41, 5.74) is -0.109. The zero-order valence-corrected chi connectivity index (χ0v) is 8.28. The predicted octanol–water partition coefficient (Wildman–Crippen LogP) is 3.42. The lowest BCUT2D eigenvalue weighted by molar-refractivity contribution is -0.274. The van der Waals surface area contributed by atoms with Gasteiger partial charge in [-0.3, -0.25) is 0 Å². The second-order valence-corrected chi connectivity index (χ2v) is 3.12. The van der Waals surface area contributed by atoms with Crippen LogP contribution >= 0.6 is 11.6 Å². The topological polar surface area (TPSA) is 33.0 Å². The second-order valence-electron chi connectivity index (χ2n) is 2.71. The van der Waals surface area contributed by atoms with Gasteiger partial charge in [-0.15, -0.1) is 13.2 Å². The van der Waals surface area contributed by atoms with E-state index in [1.807, 2.05) is 0 Å². The lowest BCUT2D eigenvalue weighted by Crippen LogP contribution is -2.18. The number of nitrogens with zero attached hydrogens (tertiary/aromatic N) is 1. The summed E-state index contributed by atoms with van der Waals surface area (Å²) >= 11 is 5.61. The van der Waals surface area contributed by atoms with E-state index < -0.39 is 12.1 Å². The molecule has 0 heterocycles. The van der Waals surface area contributed by atoms with Gasteiger partial charge in [0.15, 0.2) is 5.75 Å². The third-order valence-corrected chi connectivity index (χ3v) is 2.09. The van der Waals surface area contributed by atoms with Crippen molar-refractivity contribution in [3.63, 3.8) is 0 Å². The number of alkyl halides is 3. The highest BCUT2D eigenvalue weighted by molar-refractivity contribution is 6.31. The minimum absolute atomic E-state index is 0.0908. The summed E-state index contributed by atoms with van der Waals surface area (Å²) in [4.78, 5) is 0. The zero-order valence-electron chi connectivity index (χ0n) is 7.52. The molecular weight excluding hydrogens is 231 g/mol. The Morgan fingerprint density at radius 3 is 2.47 bits per heavy atom. The van der Waals surface area contributed by atoms with E-state index in [0.717, 1.165) is 0 Å². The Kier molecular flexibility index (Phi) is 3.10. The van der Waals surface area contributed by atoms with Crippen LogP contribution in [0.2, 0.25) is 5.02 Å². The first kappa shape index (κ1) is 11.7. The highest BCUT2D eigenvalue weighted by atomic mass is 35.5. The summed E-state index contributed by atoms with van der Waals surface area (Å²) in [5.74, 6) is -0.544. The number of hydrogen-bond donors (Lipinski definition) is 0. The molecule has 0 aliphatic heterocycles. The van der Waals surface area contributed by atoms with E-state index in [-0.39, 0.29) is 16.1 Å². The molecule has 0 fully saturated rings. The van der Waals surface area contributed by atoms with Crippen LogP contribution in [0.1, 0.15) is 11.1 Å². The molecule has 1 rings (SSSR count). The maximum Gasteiger partial charge on any atom is 0.573 e. The van der Waals surface area contributed by atoms with Gasteiger partial charge in [0.1, 0.15) is 6.07 Å². The van der Waals surface area contributed by atoms with Crippen molar-refractivity contribution >= 4 is 11.6 Å². The number of benzene rings is 1. The monoisotopic (exact) mass is 235 g/mol. The summed E-state index contributed by atoms with van der Waals surface area (Å²) < 4.78 is 39.7. The molecule has 0 saturated carbocycles. The van der Waals surface area contributed by atoms with E-state index in [9.17, 15) is 13.2 Å². The second kappa shape index (κ2) is 3.99. The number of halogens is 4. The Morgan fingerprint density at radius 1 is 1.40 bits per heavy atom. The van der Waals surface area contributed by atoms with Crippen molar-refractivity contribution in [1.82, 2.24) is 0 Å². The van der Waals surface area contributed by atoms with Gasteiger partial charge in [-0.2, -0.15) is 5.26 Å². The van der Waals surface area contributed by atoms with Gasteiger partial charge in [0.25, 0.3) is 0 Å². The van der Waals surface area contributed by atoms with Crippen LogP contribution in [-0.2, 0) is 0 Å². The van der Waals surface area contributed by atoms with Crippen LogP contribution in [0.4, 0.5) is 13.2 Å². The molecular formula is C9H5ClF3NO. The first-order valence-corrected chi connectivity index (χ1v) is 4.18. The summed E-state index contributed by atoms with van der Waals surface area (Å²) in [6.07, 6.45) is -4.83. The number of rotatable bonds is 1. The standard InChI is InChI=1S/C9H5ClF3NO/c1-5-7(10)3-2-6(4-14)8(5)15-9(11,12)13/h2-3H,1H3. The van der Waals surface area contributed by atoms with Gasteiger partial charge >= 0.3 is 6.36 Å². The van der Waals surface area contributed by atoms with Gasteiger partial charge < -0.3 is 4.74 Å². The highest BCUT2D eigenvalue weighted by Gasteiger charge is 2.33. The van der Waals surface area contributed by atoms with Crippen molar-refractivity contribution in [3.05, 3.63) is 28.3 Å². The highest BCUT2D eigenvalue weighted by Crippen LogP contribution is 2.33. The van der Waals surface area contributed by atoms with E-state index in [1.165, 1.54) is 19.1 Å². The lowest BCUT2D eigenvalue weighted by atomic mass is 10.1. The van der Waals surface area contributed by atoms with Gasteiger partial charge in [0.2, 0.25) is 0 Å². The Hall–Kier alpha value is -1.41. The maximum atomic E-state index is 12.0. The van der Waals surface area contributed by atoms with E-state index in [0.29, 0.717) is 0 Å². The summed E-state index contributed by atoms with van der Waals surface area (Å²) in [6, 6.07) is 4.13. The molecule has 0 saturated heterocycles. The van der Waals surface area contributed by atoms with Crippen LogP contribution in [0.15, 0.2) is 12.1 Å². The van der Waals surface area contributed by atoms with Crippen LogP contribution in [0.3, 0.4) is 0 Å². The summed E-state index contributed by atoms with van der Waals surface area (Å²) in [6.45, 7) is 1.35. The fourth-order valence-electron chi connectivity index (χ4n) is 1.00. The lowest BCUT2D eigenvalue weighted by Gasteiger charge is -2.13. The van der Waals surface area contributed by atoms with Crippen LogP contribution in [0, 0.1) is 18.3 Å². The fourth-order valence-corrected chi connectivity index (χ4v) is 1.15. The molecule has 0 aliphatic carbocycles. The zero-order chi connectivity index (χ0) is 11.6. The van der Waals surface area contributed by atoms with Crippen LogP contribution < -0.4 is 4.74 Å². The molecule has 0 amide bonds. The Balaban J connectivity index is 3.26. The maximum absolute atomic E-state index is 12.0. The Bertz CT molecular complexity index is 423. The molecule has 0 aliphatic rings. The van der Waals surface area contributed by atoms with Crippen molar-refractivity contribution < 1.29 is 17.9 Å². The smallest absolute Gasteiger partial charge is 0.404 e. The summed E-state index contributed by atoms with van der Waals surface area (Å²) in [5, 5.41) is 8.71. The van der Waals surface area contributed by atoms with Crippen molar-refractivity contribution in [2.75, 3.05) is 0 Å². The van der Waals surface area contributed by atoms with Gasteiger partial charge in [0.05, 0.1) is 5.56 Å². The molecule has 80 valence electrons. The molecule has 0 spiro atoms. The van der Waals surface area contributed by atoms with E-state index in [1.54, 1.807) is 6.07 Å².